The number of benzene rings is 1. The number of fused-ring (bicyclic) bond motifs is 3. The van der Waals surface area contributed by atoms with Crippen LogP contribution in [0, 0.1) is 13.8 Å². The van der Waals surface area contributed by atoms with Crippen LogP contribution in [0.4, 0.5) is 0 Å². The molecule has 1 aromatic heterocycles. The summed E-state index contributed by atoms with van der Waals surface area (Å²) >= 11 is 0. The van der Waals surface area contributed by atoms with Crippen molar-refractivity contribution in [2.24, 2.45) is 0 Å². The van der Waals surface area contributed by atoms with E-state index in [9.17, 15) is 0 Å². The number of hydrogen-bond donors (Lipinski definition) is 1. The number of ether oxygens (including phenoxy) is 1. The summed E-state index contributed by atoms with van der Waals surface area (Å²) in [6, 6.07) is 7.28. The highest BCUT2D eigenvalue weighted by Gasteiger charge is 2.30. The lowest BCUT2D eigenvalue weighted by Gasteiger charge is -2.28. The van der Waals surface area contributed by atoms with Gasteiger partial charge in [0.2, 0.25) is 0 Å². The van der Waals surface area contributed by atoms with E-state index in [1.165, 1.54) is 30.4 Å². The van der Waals surface area contributed by atoms with Crippen LogP contribution in [0.1, 0.15) is 55.1 Å². The summed E-state index contributed by atoms with van der Waals surface area (Å²) in [4.78, 5) is 0. The molecule has 1 N–H and O–H groups in total. The van der Waals surface area contributed by atoms with Gasteiger partial charge in [-0.2, -0.15) is 0 Å². The van der Waals surface area contributed by atoms with Crippen LogP contribution in [0.5, 0.6) is 5.75 Å². The second-order valence-electron chi connectivity index (χ2n) is 7.24. The lowest BCUT2D eigenvalue weighted by atomic mass is 9.98. The molecular formula is C19H26N4O. The average Bonchev–Trinajstić information content (AvgIpc) is 2.89. The molecule has 2 bridgehead atoms. The van der Waals surface area contributed by atoms with Crippen LogP contribution in [0.25, 0.3) is 0 Å². The molecule has 0 spiro atoms. The minimum Gasteiger partial charge on any atom is -0.482 e. The van der Waals surface area contributed by atoms with Gasteiger partial charge in [0, 0.05) is 25.0 Å². The van der Waals surface area contributed by atoms with Crippen LogP contribution < -0.4 is 10.1 Å². The number of nitrogens with zero attached hydrogens (tertiary/aromatic N) is 3. The van der Waals surface area contributed by atoms with E-state index in [1.807, 2.05) is 12.1 Å². The fraction of sp³-hybridized carbons (Fsp3) is 0.579. The summed E-state index contributed by atoms with van der Waals surface area (Å²) in [5.74, 6) is 2.98. The maximum Gasteiger partial charge on any atom is 0.174 e. The van der Waals surface area contributed by atoms with Crippen molar-refractivity contribution in [3.05, 3.63) is 41.0 Å². The number of piperidine rings is 1. The fourth-order valence-electron chi connectivity index (χ4n) is 3.95. The lowest BCUT2D eigenvalue weighted by molar-refractivity contribution is 0.206. The van der Waals surface area contributed by atoms with E-state index < -0.39 is 0 Å². The van der Waals surface area contributed by atoms with E-state index in [0.717, 1.165) is 30.4 Å². The van der Waals surface area contributed by atoms with Gasteiger partial charge in [-0.3, -0.25) is 0 Å². The van der Waals surface area contributed by atoms with Gasteiger partial charge in [0.15, 0.2) is 11.9 Å². The van der Waals surface area contributed by atoms with Crippen LogP contribution >= 0.6 is 0 Å². The van der Waals surface area contributed by atoms with Gasteiger partial charge in [0.25, 0.3) is 0 Å². The molecule has 0 saturated carbocycles. The summed E-state index contributed by atoms with van der Waals surface area (Å²) in [5.41, 5.74) is 2.44. The second kappa shape index (κ2) is 6.20. The highest BCUT2D eigenvalue weighted by molar-refractivity contribution is 5.38. The standard InChI is InChI=1S/C19H26N4O/c1-12-6-4-9-17(13(12)2)24-14(3)19-22-21-18-10-15-7-5-8-16(20-15)11-23(18)19/h4,6,9,14-16,20H,5,7-8,10-11H2,1-3H3. The molecule has 0 aliphatic carbocycles. The lowest BCUT2D eigenvalue weighted by Crippen LogP contribution is -2.43. The van der Waals surface area contributed by atoms with Crippen LogP contribution in [0.3, 0.4) is 0 Å². The normalized spacial score (nSPS) is 24.1. The minimum atomic E-state index is -0.107. The van der Waals surface area contributed by atoms with Gasteiger partial charge in [-0.1, -0.05) is 18.6 Å². The van der Waals surface area contributed by atoms with Gasteiger partial charge in [-0.25, -0.2) is 0 Å². The summed E-state index contributed by atoms with van der Waals surface area (Å²) in [6.07, 6.45) is 4.65. The molecule has 5 nitrogen and oxygen atoms in total. The molecule has 4 rings (SSSR count). The predicted molar refractivity (Wildman–Crippen MR) is 93.2 cm³/mol. The van der Waals surface area contributed by atoms with E-state index in [2.05, 4.69) is 46.9 Å². The highest BCUT2D eigenvalue weighted by atomic mass is 16.5. The third kappa shape index (κ3) is 2.81. The van der Waals surface area contributed by atoms with Gasteiger partial charge in [0.05, 0.1) is 0 Å². The molecule has 128 valence electrons. The van der Waals surface area contributed by atoms with Gasteiger partial charge >= 0.3 is 0 Å². The Kier molecular flexibility index (Phi) is 4.04. The second-order valence-corrected chi connectivity index (χ2v) is 7.24. The number of aromatic nitrogens is 3. The first-order valence-corrected chi connectivity index (χ1v) is 9.02. The van der Waals surface area contributed by atoms with Gasteiger partial charge in [-0.15, -0.1) is 10.2 Å². The number of nitrogens with one attached hydrogen (secondary N) is 1. The fourth-order valence-corrected chi connectivity index (χ4v) is 3.95. The largest absolute Gasteiger partial charge is 0.482 e. The van der Waals surface area contributed by atoms with Crippen LogP contribution in [-0.2, 0) is 13.0 Å². The van der Waals surface area contributed by atoms with E-state index in [1.54, 1.807) is 0 Å². The summed E-state index contributed by atoms with van der Waals surface area (Å²) < 4.78 is 8.54. The Morgan fingerprint density at radius 2 is 2.04 bits per heavy atom. The molecule has 3 heterocycles. The van der Waals surface area contributed by atoms with E-state index in [-0.39, 0.29) is 6.10 Å². The van der Waals surface area contributed by atoms with Gasteiger partial charge in [-0.05, 0) is 50.8 Å². The van der Waals surface area contributed by atoms with E-state index in [0.29, 0.717) is 12.1 Å². The van der Waals surface area contributed by atoms with Crippen molar-refractivity contribution in [2.75, 3.05) is 0 Å². The number of aryl methyl sites for hydroxylation is 1. The zero-order valence-electron chi connectivity index (χ0n) is 14.7. The molecule has 5 heteroatoms. The molecule has 3 atom stereocenters. The van der Waals surface area contributed by atoms with E-state index >= 15 is 0 Å². The van der Waals surface area contributed by atoms with Gasteiger partial charge in [0.1, 0.15) is 11.6 Å². The summed E-state index contributed by atoms with van der Waals surface area (Å²) in [6.45, 7) is 7.24. The smallest absolute Gasteiger partial charge is 0.174 e. The van der Waals surface area contributed by atoms with Crippen molar-refractivity contribution in [3.63, 3.8) is 0 Å². The summed E-state index contributed by atoms with van der Waals surface area (Å²) in [7, 11) is 0. The molecule has 3 unspecified atom stereocenters. The first-order chi connectivity index (χ1) is 11.6. The molecule has 1 aromatic carbocycles. The Labute approximate surface area is 143 Å². The Bertz CT molecular complexity index is 739. The Morgan fingerprint density at radius 3 is 2.92 bits per heavy atom. The van der Waals surface area contributed by atoms with Gasteiger partial charge < -0.3 is 14.6 Å². The Morgan fingerprint density at radius 1 is 1.21 bits per heavy atom. The summed E-state index contributed by atoms with van der Waals surface area (Å²) in [5, 5.41) is 12.7. The topological polar surface area (TPSA) is 52.0 Å². The molecule has 1 saturated heterocycles. The molecule has 2 aliphatic rings. The van der Waals surface area contributed by atoms with Crippen molar-refractivity contribution in [1.82, 2.24) is 20.1 Å². The molecule has 0 amide bonds. The molecular weight excluding hydrogens is 300 g/mol. The first kappa shape index (κ1) is 15.6. The van der Waals surface area contributed by atoms with Crippen molar-refractivity contribution in [1.29, 1.82) is 0 Å². The predicted octanol–water partition coefficient (Wildman–Crippen LogP) is 3.10. The van der Waals surface area contributed by atoms with Crippen molar-refractivity contribution < 1.29 is 4.74 Å². The molecule has 24 heavy (non-hydrogen) atoms. The highest BCUT2D eigenvalue weighted by Crippen LogP contribution is 2.28. The quantitative estimate of drug-likeness (QED) is 0.942. The maximum atomic E-state index is 6.24. The maximum absolute atomic E-state index is 6.24. The van der Waals surface area contributed by atoms with Crippen molar-refractivity contribution >= 4 is 0 Å². The third-order valence-electron chi connectivity index (χ3n) is 5.49. The van der Waals surface area contributed by atoms with E-state index in [4.69, 9.17) is 4.74 Å². The van der Waals surface area contributed by atoms with Crippen molar-refractivity contribution in [3.8, 4) is 5.75 Å². The average molecular weight is 326 g/mol. The monoisotopic (exact) mass is 326 g/mol. The molecule has 1 fully saturated rings. The van der Waals surface area contributed by atoms with Crippen LogP contribution in [0.15, 0.2) is 18.2 Å². The minimum absolute atomic E-state index is 0.107. The number of rotatable bonds is 3. The SMILES string of the molecule is Cc1cccc(OC(C)c2nnc3n2CC2CCCC(C3)N2)c1C. The molecule has 2 aromatic rings. The zero-order valence-corrected chi connectivity index (χ0v) is 14.7. The molecule has 2 aliphatic heterocycles. The first-order valence-electron chi connectivity index (χ1n) is 9.02. The van der Waals surface area contributed by atoms with Crippen LogP contribution in [0.2, 0.25) is 0 Å². The van der Waals surface area contributed by atoms with Crippen LogP contribution in [-0.4, -0.2) is 26.8 Å². The zero-order chi connectivity index (χ0) is 16.7. The molecule has 0 radical (unpaired) electrons. The van der Waals surface area contributed by atoms with Crippen molar-refractivity contribution in [2.45, 2.75) is 71.2 Å². The number of hydrogen-bond acceptors (Lipinski definition) is 4. The Balaban J connectivity index is 1.60. The Hall–Kier alpha value is -1.88. The third-order valence-corrected chi connectivity index (χ3v) is 5.49.